The minimum atomic E-state index is -2.04. The molecular weight excluding hydrogens is 881 g/mol. The number of carboxylic acid groups (broad SMARTS) is 2. The van der Waals surface area contributed by atoms with Gasteiger partial charge in [-0.2, -0.15) is 0 Å². The van der Waals surface area contributed by atoms with Gasteiger partial charge in [-0.3, -0.25) is 4.79 Å². The quantitative estimate of drug-likeness (QED) is 0.107. The Morgan fingerprint density at radius 1 is 0.627 bits per heavy atom. The molecule has 0 bridgehead atoms. The summed E-state index contributed by atoms with van der Waals surface area (Å²) in [5, 5.41) is 117. The number of hydrogen-bond acceptors (Lipinski definition) is 17. The lowest BCUT2D eigenvalue weighted by atomic mass is 9.33. The summed E-state index contributed by atoms with van der Waals surface area (Å²) in [6.45, 7) is 14.3. The number of aliphatic carboxylic acids is 2. The Balaban J connectivity index is 0.987. The third-order valence-electron chi connectivity index (χ3n) is 19.3. The molecule has 11 N–H and O–H groups in total. The number of carbonyl (C=O) groups is 2. The first-order chi connectivity index (χ1) is 31.2. The van der Waals surface area contributed by atoms with E-state index in [1.54, 1.807) is 0 Å². The van der Waals surface area contributed by atoms with E-state index >= 15 is 0 Å². The maximum atomic E-state index is 13.1. The standard InChI is InChI=1S/C48H76O19/c1-43(2)14-16-48(42(60)61)17-15-46(6)21(22(48)18-43)8-9-26-45(5)12-11-27(44(3,4)25(45)10-13-47(26,46)7)64-41-34(57)36(33(56)37(67-41)38(58)59)66-40-32(55)30(53)35(24(20-50)63-40)65-39-31(54)29(52)28(51)23(19-49)62-39/h8,22-37,39-41,49-57H,9-20H2,1-7H3,(H,58,59)(H,60,61)/t22-,23+,24+,25-,26+,27?,28+,29-,30+,31+,32+,33-,34+,35+,36-,37-,39-,40-,41+,45-,46+,47+,48-/m0/s1. The highest BCUT2D eigenvalue weighted by molar-refractivity contribution is 5.76. The molecule has 5 aliphatic carbocycles. The number of rotatable bonds is 10. The molecule has 3 saturated heterocycles. The zero-order chi connectivity index (χ0) is 49.1. The Kier molecular flexibility index (Phi) is 13.8. The molecular formula is C48H76O19. The molecule has 0 radical (unpaired) electrons. The van der Waals surface area contributed by atoms with Crippen molar-refractivity contribution in [1.29, 1.82) is 0 Å². The van der Waals surface area contributed by atoms with E-state index in [-0.39, 0.29) is 39.4 Å². The van der Waals surface area contributed by atoms with Crippen molar-refractivity contribution in [3.05, 3.63) is 11.6 Å². The van der Waals surface area contributed by atoms with Crippen LogP contribution in [0.3, 0.4) is 0 Å². The topological polar surface area (TPSA) is 312 Å². The van der Waals surface area contributed by atoms with Crippen molar-refractivity contribution < 1.29 is 94.2 Å². The Morgan fingerprint density at radius 3 is 1.85 bits per heavy atom. The van der Waals surface area contributed by atoms with Crippen LogP contribution in [0.4, 0.5) is 0 Å². The van der Waals surface area contributed by atoms with E-state index in [2.05, 4.69) is 54.5 Å². The maximum absolute atomic E-state index is 13.1. The Bertz CT molecular complexity index is 1870. The molecule has 0 spiro atoms. The van der Waals surface area contributed by atoms with Crippen LogP contribution in [-0.2, 0) is 38.0 Å². The summed E-state index contributed by atoms with van der Waals surface area (Å²) in [7, 11) is 0. The molecule has 19 nitrogen and oxygen atoms in total. The van der Waals surface area contributed by atoms with Crippen molar-refractivity contribution >= 4 is 11.9 Å². The van der Waals surface area contributed by atoms with Crippen LogP contribution in [0.2, 0.25) is 0 Å². The van der Waals surface area contributed by atoms with Crippen molar-refractivity contribution in [1.82, 2.24) is 0 Å². The Labute approximate surface area is 391 Å². The van der Waals surface area contributed by atoms with Gasteiger partial charge in [0, 0.05) is 0 Å². The third kappa shape index (κ3) is 8.06. The maximum Gasteiger partial charge on any atom is 0.335 e. The van der Waals surface area contributed by atoms with Crippen LogP contribution in [0.15, 0.2) is 11.6 Å². The fraction of sp³-hybridized carbons (Fsp3) is 0.917. The zero-order valence-corrected chi connectivity index (χ0v) is 39.7. The molecule has 1 unspecified atom stereocenters. The molecule has 4 saturated carbocycles. The van der Waals surface area contributed by atoms with Gasteiger partial charge >= 0.3 is 11.9 Å². The molecule has 8 rings (SSSR count). The van der Waals surface area contributed by atoms with Gasteiger partial charge in [0.15, 0.2) is 25.0 Å². The molecule has 23 atom stereocenters. The summed E-state index contributed by atoms with van der Waals surface area (Å²) < 4.78 is 35.0. The Morgan fingerprint density at radius 2 is 1.22 bits per heavy atom. The largest absolute Gasteiger partial charge is 0.481 e. The molecule has 0 amide bonds. The zero-order valence-electron chi connectivity index (χ0n) is 39.7. The molecule has 8 aliphatic rings. The fourth-order valence-electron chi connectivity index (χ4n) is 15.1. The Hall–Kier alpha value is -1.92. The average Bonchev–Trinajstić information content (AvgIpc) is 3.26. The van der Waals surface area contributed by atoms with Gasteiger partial charge in [-0.05, 0) is 109 Å². The van der Waals surface area contributed by atoms with Gasteiger partial charge in [-0.15, -0.1) is 0 Å². The molecule has 7 fully saturated rings. The van der Waals surface area contributed by atoms with Crippen LogP contribution in [0.25, 0.3) is 0 Å². The normalized spacial score (nSPS) is 52.7. The summed E-state index contributed by atoms with van der Waals surface area (Å²) in [4.78, 5) is 25.7. The molecule has 3 aliphatic heterocycles. The molecule has 0 aromatic heterocycles. The number of hydrogen-bond donors (Lipinski definition) is 11. The fourth-order valence-corrected chi connectivity index (χ4v) is 15.1. The van der Waals surface area contributed by atoms with Gasteiger partial charge in [0.1, 0.15) is 67.1 Å². The summed E-state index contributed by atoms with van der Waals surface area (Å²) in [5.74, 6) is -1.86. The van der Waals surface area contributed by atoms with Gasteiger partial charge < -0.3 is 84.6 Å². The van der Waals surface area contributed by atoms with E-state index < -0.39 is 134 Å². The molecule has 0 aromatic carbocycles. The number of carboxylic acids is 2. The van der Waals surface area contributed by atoms with Gasteiger partial charge in [-0.25, -0.2) is 4.79 Å². The van der Waals surface area contributed by atoms with Crippen molar-refractivity contribution in [2.45, 2.75) is 211 Å². The second kappa shape index (κ2) is 18.0. The van der Waals surface area contributed by atoms with Gasteiger partial charge in [-0.1, -0.05) is 60.1 Å². The number of fused-ring (bicyclic) bond motifs is 7. The lowest BCUT2D eigenvalue weighted by Gasteiger charge is -2.71. The van der Waals surface area contributed by atoms with Crippen LogP contribution in [0.1, 0.15) is 113 Å². The van der Waals surface area contributed by atoms with Crippen molar-refractivity contribution in [2.24, 2.45) is 50.2 Å². The first-order valence-electron chi connectivity index (χ1n) is 24.3. The predicted molar refractivity (Wildman–Crippen MR) is 231 cm³/mol. The third-order valence-corrected chi connectivity index (χ3v) is 19.3. The second-order valence-corrected chi connectivity index (χ2v) is 23.5. The highest BCUT2D eigenvalue weighted by Gasteiger charge is 2.70. The van der Waals surface area contributed by atoms with E-state index in [9.17, 15) is 65.8 Å². The highest BCUT2D eigenvalue weighted by atomic mass is 16.8. The lowest BCUT2D eigenvalue weighted by molar-refractivity contribution is -0.381. The van der Waals surface area contributed by atoms with Gasteiger partial charge in [0.2, 0.25) is 0 Å². The minimum absolute atomic E-state index is 0.00986. The lowest BCUT2D eigenvalue weighted by Crippen LogP contribution is -2.67. The SMILES string of the molecule is CC1(C)CC[C@]2(C(=O)O)CC[C@]3(C)C(=CC[C@@H]4[C@@]5(C)CCC(O[C@@H]6O[C@H](C(=O)O)[C@@H](O)[C@H](O[C@@H]7O[C@H](CO)[C@@H](O[C@@H]8O[C@H](CO)[C@@H](O)[C@H](O)[C@H]8O)[C@H](O)[C@H]7O)[C@H]6O)C(C)(C)[C@@H]5CC[C@]43C)[C@@H]2C1. The van der Waals surface area contributed by atoms with Crippen molar-refractivity contribution in [2.75, 3.05) is 13.2 Å². The molecule has 67 heavy (non-hydrogen) atoms. The first kappa shape index (κ1) is 51.4. The van der Waals surface area contributed by atoms with Gasteiger partial charge in [0.25, 0.3) is 0 Å². The number of aliphatic hydroxyl groups is 9. The van der Waals surface area contributed by atoms with Crippen LogP contribution in [0.5, 0.6) is 0 Å². The van der Waals surface area contributed by atoms with Crippen LogP contribution >= 0.6 is 0 Å². The van der Waals surface area contributed by atoms with E-state index in [0.29, 0.717) is 19.3 Å². The summed E-state index contributed by atoms with van der Waals surface area (Å²) in [6.07, 6.45) is -17.3. The number of allylic oxidation sites excluding steroid dienone is 2. The highest BCUT2D eigenvalue weighted by Crippen LogP contribution is 2.76. The first-order valence-corrected chi connectivity index (χ1v) is 24.3. The predicted octanol–water partition coefficient (Wildman–Crippen LogP) is 0.799. The number of aliphatic hydroxyl groups excluding tert-OH is 9. The van der Waals surface area contributed by atoms with Crippen LogP contribution in [0, 0.1) is 50.2 Å². The van der Waals surface area contributed by atoms with Gasteiger partial charge in [0.05, 0.1) is 24.7 Å². The smallest absolute Gasteiger partial charge is 0.335 e. The van der Waals surface area contributed by atoms with E-state index in [1.165, 1.54) is 5.57 Å². The summed E-state index contributed by atoms with van der Waals surface area (Å²) in [5.41, 5.74) is -0.320. The van der Waals surface area contributed by atoms with E-state index in [0.717, 1.165) is 44.9 Å². The monoisotopic (exact) mass is 956 g/mol. The number of ether oxygens (including phenoxy) is 6. The van der Waals surface area contributed by atoms with Crippen molar-refractivity contribution in [3.8, 4) is 0 Å². The molecule has 19 heteroatoms. The van der Waals surface area contributed by atoms with E-state index in [4.69, 9.17) is 28.4 Å². The molecule has 382 valence electrons. The minimum Gasteiger partial charge on any atom is -0.481 e. The summed E-state index contributed by atoms with van der Waals surface area (Å²) >= 11 is 0. The average molecular weight is 957 g/mol. The van der Waals surface area contributed by atoms with Crippen LogP contribution < -0.4 is 0 Å². The van der Waals surface area contributed by atoms with E-state index in [1.807, 2.05) is 0 Å². The van der Waals surface area contributed by atoms with Crippen LogP contribution in [-0.4, -0.2) is 180 Å². The second-order valence-electron chi connectivity index (χ2n) is 23.5. The molecule has 3 heterocycles. The van der Waals surface area contributed by atoms with Crippen molar-refractivity contribution in [3.63, 3.8) is 0 Å². The summed E-state index contributed by atoms with van der Waals surface area (Å²) in [6, 6.07) is 0. The molecule has 0 aromatic rings.